The highest BCUT2D eigenvalue weighted by molar-refractivity contribution is 5.84. The van der Waals surface area contributed by atoms with Gasteiger partial charge < -0.3 is 14.0 Å². The Morgan fingerprint density at radius 2 is 1.97 bits per heavy atom. The molecule has 4 rings (SSSR count). The van der Waals surface area contributed by atoms with Gasteiger partial charge in [-0.25, -0.2) is 4.98 Å². The van der Waals surface area contributed by atoms with Crippen LogP contribution in [0.1, 0.15) is 75.2 Å². The van der Waals surface area contributed by atoms with E-state index >= 15 is 0 Å². The molecule has 10 heteroatoms. The van der Waals surface area contributed by atoms with E-state index in [1.165, 1.54) is 10.8 Å². The highest BCUT2D eigenvalue weighted by atomic mass is 19.4. The second kappa shape index (κ2) is 8.90. The Morgan fingerprint density at radius 3 is 2.53 bits per heavy atom. The van der Waals surface area contributed by atoms with Crippen molar-refractivity contribution in [3.63, 3.8) is 0 Å². The maximum atomic E-state index is 13.1. The van der Waals surface area contributed by atoms with E-state index in [9.17, 15) is 18.0 Å². The Balaban J connectivity index is 1.47. The molecule has 2 atom stereocenters. The van der Waals surface area contributed by atoms with Crippen molar-refractivity contribution in [2.45, 2.75) is 76.5 Å². The van der Waals surface area contributed by atoms with Gasteiger partial charge in [0.2, 0.25) is 0 Å². The third-order valence-electron chi connectivity index (χ3n) is 6.07. The summed E-state index contributed by atoms with van der Waals surface area (Å²) < 4.78 is 51.7. The zero-order valence-corrected chi connectivity index (χ0v) is 18.1. The summed E-state index contributed by atoms with van der Waals surface area (Å²) >= 11 is 0. The second-order valence-corrected chi connectivity index (χ2v) is 9.00. The van der Waals surface area contributed by atoms with Crippen LogP contribution >= 0.6 is 0 Å². The molecule has 3 heterocycles. The van der Waals surface area contributed by atoms with Crippen LogP contribution in [0.2, 0.25) is 0 Å². The zero-order valence-electron chi connectivity index (χ0n) is 18.1. The molecule has 0 unspecified atom stereocenters. The Labute approximate surface area is 184 Å². The standard InChI is InChI=1S/C22H27F3N4O3/c1-21(2)31-12-19(32-21)16-10-26-15(9-27-16)8-18(30)17(7-14-5-3-4-6-14)29-11-20(28-13-29)22(23,24)25/h9-11,13-14,17,19H,3-8,12H2,1-2H3/t17-,19+/m0/s1. The maximum absolute atomic E-state index is 13.1. The van der Waals surface area contributed by atoms with Gasteiger partial charge in [0.15, 0.2) is 17.3 Å². The fraction of sp³-hybridized carbons (Fsp3) is 0.636. The summed E-state index contributed by atoms with van der Waals surface area (Å²) in [6.45, 7) is 4.00. The number of alkyl halides is 3. The van der Waals surface area contributed by atoms with Crippen LogP contribution < -0.4 is 0 Å². The van der Waals surface area contributed by atoms with Crippen molar-refractivity contribution in [3.8, 4) is 0 Å². The molecule has 2 aliphatic rings. The fourth-order valence-corrected chi connectivity index (χ4v) is 4.39. The molecule has 0 aromatic carbocycles. The fourth-order valence-electron chi connectivity index (χ4n) is 4.39. The van der Waals surface area contributed by atoms with E-state index in [0.717, 1.165) is 38.2 Å². The lowest BCUT2D eigenvalue weighted by Gasteiger charge is -2.21. The van der Waals surface area contributed by atoms with Gasteiger partial charge in [-0.1, -0.05) is 25.7 Å². The highest BCUT2D eigenvalue weighted by Gasteiger charge is 2.36. The van der Waals surface area contributed by atoms with Gasteiger partial charge in [-0.2, -0.15) is 13.2 Å². The number of hydrogen-bond acceptors (Lipinski definition) is 6. The smallest absolute Gasteiger partial charge is 0.347 e. The van der Waals surface area contributed by atoms with Gasteiger partial charge in [-0.3, -0.25) is 14.8 Å². The van der Waals surface area contributed by atoms with Crippen LogP contribution in [0.3, 0.4) is 0 Å². The molecule has 0 radical (unpaired) electrons. The largest absolute Gasteiger partial charge is 0.434 e. The third kappa shape index (κ3) is 5.35. The van der Waals surface area contributed by atoms with E-state index in [-0.39, 0.29) is 18.3 Å². The summed E-state index contributed by atoms with van der Waals surface area (Å²) in [6.07, 6.45) is 4.85. The van der Waals surface area contributed by atoms with Gasteiger partial charge >= 0.3 is 6.18 Å². The number of rotatable bonds is 7. The van der Waals surface area contributed by atoms with Gasteiger partial charge in [-0.15, -0.1) is 0 Å². The number of aromatic nitrogens is 4. The van der Waals surface area contributed by atoms with E-state index in [4.69, 9.17) is 9.47 Å². The summed E-state index contributed by atoms with van der Waals surface area (Å²) in [5, 5.41) is 0. The first-order chi connectivity index (χ1) is 15.1. The lowest BCUT2D eigenvalue weighted by Crippen LogP contribution is -2.23. The zero-order chi connectivity index (χ0) is 22.9. The quantitative estimate of drug-likeness (QED) is 0.618. The molecule has 2 aromatic heterocycles. The molecule has 32 heavy (non-hydrogen) atoms. The van der Waals surface area contributed by atoms with Crippen molar-refractivity contribution in [1.82, 2.24) is 19.5 Å². The molecule has 0 amide bonds. The number of halogens is 3. The van der Waals surface area contributed by atoms with Gasteiger partial charge in [-0.05, 0) is 26.2 Å². The van der Waals surface area contributed by atoms with E-state index in [1.807, 2.05) is 13.8 Å². The molecule has 174 valence electrons. The molecule has 1 saturated heterocycles. The molecule has 2 aromatic rings. The Kier molecular flexibility index (Phi) is 6.35. The van der Waals surface area contributed by atoms with Gasteiger partial charge in [0.1, 0.15) is 6.10 Å². The molecular weight excluding hydrogens is 425 g/mol. The molecule has 0 N–H and O–H groups in total. The monoisotopic (exact) mass is 452 g/mol. The summed E-state index contributed by atoms with van der Waals surface area (Å²) in [5.74, 6) is -0.571. The first-order valence-corrected chi connectivity index (χ1v) is 10.9. The van der Waals surface area contributed by atoms with Crippen LogP contribution in [0.5, 0.6) is 0 Å². The minimum Gasteiger partial charge on any atom is -0.347 e. The second-order valence-electron chi connectivity index (χ2n) is 9.00. The van der Waals surface area contributed by atoms with Crippen molar-refractivity contribution in [3.05, 3.63) is 42.0 Å². The lowest BCUT2D eigenvalue weighted by atomic mass is 9.94. The number of carbonyl (C=O) groups is 1. The van der Waals surface area contributed by atoms with Gasteiger partial charge in [0.25, 0.3) is 0 Å². The van der Waals surface area contributed by atoms with Crippen LogP contribution in [-0.4, -0.2) is 37.7 Å². The Morgan fingerprint density at radius 1 is 1.22 bits per heavy atom. The van der Waals surface area contributed by atoms with Crippen molar-refractivity contribution < 1.29 is 27.4 Å². The van der Waals surface area contributed by atoms with Crippen LogP contribution in [0.25, 0.3) is 0 Å². The normalized spacial score (nSPS) is 22.3. The summed E-state index contributed by atoms with van der Waals surface area (Å²) in [6, 6.07) is -0.712. The molecule has 2 fully saturated rings. The number of carbonyl (C=O) groups excluding carboxylic acids is 1. The lowest BCUT2D eigenvalue weighted by molar-refractivity contribution is -0.141. The molecular formula is C22H27F3N4O3. The number of imidazole rings is 1. The SMILES string of the molecule is CC1(C)OC[C@H](c2cnc(CC(=O)[C@H](CC3CCCC3)n3cnc(C(F)(F)F)c3)cn2)O1. The Bertz CT molecular complexity index is 937. The number of nitrogens with zero attached hydrogens (tertiary/aromatic N) is 4. The Hall–Kier alpha value is -2.33. The maximum Gasteiger partial charge on any atom is 0.434 e. The third-order valence-corrected chi connectivity index (χ3v) is 6.07. The minimum atomic E-state index is -4.55. The van der Waals surface area contributed by atoms with Crippen LogP contribution in [0, 0.1) is 5.92 Å². The first kappa shape index (κ1) is 22.8. The van der Waals surface area contributed by atoms with Crippen LogP contribution in [0.4, 0.5) is 13.2 Å². The first-order valence-electron chi connectivity index (χ1n) is 10.9. The van der Waals surface area contributed by atoms with Crippen molar-refractivity contribution in [2.75, 3.05) is 6.61 Å². The minimum absolute atomic E-state index is 0.0162. The topological polar surface area (TPSA) is 79.1 Å². The number of ketones is 1. The molecule has 0 bridgehead atoms. The molecule has 1 aliphatic carbocycles. The van der Waals surface area contributed by atoms with Gasteiger partial charge in [0.05, 0.1) is 43.0 Å². The van der Waals surface area contributed by atoms with Crippen molar-refractivity contribution in [1.29, 1.82) is 0 Å². The number of ether oxygens (including phenoxy) is 2. The average molecular weight is 452 g/mol. The molecule has 7 nitrogen and oxygen atoms in total. The predicted octanol–water partition coefficient (Wildman–Crippen LogP) is 4.45. The molecule has 1 aliphatic heterocycles. The van der Waals surface area contributed by atoms with E-state index in [2.05, 4.69) is 15.0 Å². The average Bonchev–Trinajstić information content (AvgIpc) is 3.47. The molecule has 0 spiro atoms. The van der Waals surface area contributed by atoms with Crippen molar-refractivity contribution >= 4 is 5.78 Å². The highest BCUT2D eigenvalue weighted by Crippen LogP contribution is 2.35. The number of Topliss-reactive ketones (excluding diaryl/α,β-unsaturated/α-hetero) is 1. The van der Waals surface area contributed by atoms with E-state index in [1.54, 1.807) is 6.20 Å². The summed E-state index contributed by atoms with van der Waals surface area (Å²) in [4.78, 5) is 25.3. The molecule has 1 saturated carbocycles. The van der Waals surface area contributed by atoms with Gasteiger partial charge in [0, 0.05) is 12.4 Å². The van der Waals surface area contributed by atoms with E-state index < -0.39 is 23.7 Å². The summed E-state index contributed by atoms with van der Waals surface area (Å²) in [7, 11) is 0. The van der Waals surface area contributed by atoms with E-state index in [0.29, 0.717) is 30.3 Å². The predicted molar refractivity (Wildman–Crippen MR) is 107 cm³/mol. The number of hydrogen-bond donors (Lipinski definition) is 0. The summed E-state index contributed by atoms with van der Waals surface area (Å²) in [5.41, 5.74) is 0.0794. The van der Waals surface area contributed by atoms with Crippen LogP contribution in [0.15, 0.2) is 24.9 Å². The van der Waals surface area contributed by atoms with Crippen molar-refractivity contribution in [2.24, 2.45) is 5.92 Å². The van der Waals surface area contributed by atoms with Crippen LogP contribution in [-0.2, 0) is 26.9 Å².